The summed E-state index contributed by atoms with van der Waals surface area (Å²) in [6, 6.07) is 22.7. The van der Waals surface area contributed by atoms with Crippen molar-refractivity contribution in [3.05, 3.63) is 108 Å². The van der Waals surface area contributed by atoms with E-state index in [4.69, 9.17) is 15.1 Å². The first-order chi connectivity index (χ1) is 19.2. The van der Waals surface area contributed by atoms with Gasteiger partial charge in [-0.05, 0) is 66.3 Å². The Labute approximate surface area is 235 Å². The Morgan fingerprint density at radius 2 is 1.75 bits per heavy atom. The quantitative estimate of drug-likeness (QED) is 0.141. The monoisotopic (exact) mass is 532 g/mol. The van der Waals surface area contributed by atoms with Crippen LogP contribution in [0.4, 0.5) is 17.2 Å². The van der Waals surface area contributed by atoms with Crippen LogP contribution in [0.25, 0.3) is 16.9 Å². The number of nitrogens with one attached hydrogen (secondary N) is 3. The van der Waals surface area contributed by atoms with E-state index >= 15 is 0 Å². The molecule has 2 aromatic heterocycles. The fraction of sp³-hybridized carbons (Fsp3) is 0.242. The summed E-state index contributed by atoms with van der Waals surface area (Å²) in [6.45, 7) is 11.9. The van der Waals surface area contributed by atoms with E-state index < -0.39 is 0 Å². The summed E-state index contributed by atoms with van der Waals surface area (Å²) in [5.41, 5.74) is 9.14. The Morgan fingerprint density at radius 1 is 1.00 bits per heavy atom. The van der Waals surface area contributed by atoms with Gasteiger partial charge in [0.25, 0.3) is 0 Å². The van der Waals surface area contributed by atoms with Crippen molar-refractivity contribution in [1.82, 2.24) is 14.4 Å². The molecular weight excluding hydrogens is 496 g/mol. The van der Waals surface area contributed by atoms with Gasteiger partial charge in [-0.1, -0.05) is 57.2 Å². The zero-order valence-electron chi connectivity index (χ0n) is 23.7. The summed E-state index contributed by atoms with van der Waals surface area (Å²) >= 11 is 0. The van der Waals surface area contributed by atoms with Crippen LogP contribution in [-0.4, -0.2) is 26.9 Å². The van der Waals surface area contributed by atoms with Gasteiger partial charge in [0.15, 0.2) is 11.5 Å². The van der Waals surface area contributed by atoms with Crippen molar-refractivity contribution in [3.8, 4) is 11.3 Å². The highest BCUT2D eigenvalue weighted by Crippen LogP contribution is 2.31. The molecule has 7 nitrogen and oxygen atoms in total. The highest BCUT2D eigenvalue weighted by Gasteiger charge is 2.15. The molecule has 3 aromatic carbocycles. The minimum Gasteiger partial charge on any atom is -0.478 e. The largest absolute Gasteiger partial charge is 0.478 e. The van der Waals surface area contributed by atoms with Crippen molar-refractivity contribution in [2.45, 2.75) is 46.6 Å². The lowest BCUT2D eigenvalue weighted by atomic mass is 9.87. The van der Waals surface area contributed by atoms with Gasteiger partial charge in [0.1, 0.15) is 0 Å². The molecule has 0 spiro atoms. The molecule has 0 atom stereocenters. The third-order valence-electron chi connectivity index (χ3n) is 6.99. The molecule has 2 heterocycles. The molecule has 0 unspecified atom stereocenters. The second-order valence-electron chi connectivity index (χ2n) is 10.9. The highest BCUT2D eigenvalue weighted by atomic mass is 16.5. The molecule has 0 fully saturated rings. The molecule has 40 heavy (non-hydrogen) atoms. The van der Waals surface area contributed by atoms with Gasteiger partial charge in [0.2, 0.25) is 5.90 Å². The summed E-state index contributed by atoms with van der Waals surface area (Å²) in [7, 11) is 0. The van der Waals surface area contributed by atoms with Gasteiger partial charge in [0.05, 0.1) is 12.3 Å². The lowest BCUT2D eigenvalue weighted by Gasteiger charge is -2.19. The Hall–Kier alpha value is -4.65. The van der Waals surface area contributed by atoms with Crippen LogP contribution < -0.4 is 10.6 Å². The number of anilines is 3. The average molecular weight is 533 g/mol. The van der Waals surface area contributed by atoms with Gasteiger partial charge in [0, 0.05) is 47.6 Å². The van der Waals surface area contributed by atoms with Crippen LogP contribution >= 0.6 is 0 Å². The summed E-state index contributed by atoms with van der Waals surface area (Å²) < 4.78 is 7.30. The van der Waals surface area contributed by atoms with Crippen LogP contribution in [-0.2, 0) is 16.7 Å². The minimum absolute atomic E-state index is 0.144. The lowest BCUT2D eigenvalue weighted by Crippen LogP contribution is -2.11. The fourth-order valence-electron chi connectivity index (χ4n) is 4.64. The van der Waals surface area contributed by atoms with Crippen molar-refractivity contribution >= 4 is 28.7 Å². The van der Waals surface area contributed by atoms with Gasteiger partial charge in [-0.15, -0.1) is 0 Å². The molecule has 0 amide bonds. The second kappa shape index (κ2) is 11.2. The predicted molar refractivity (Wildman–Crippen MR) is 164 cm³/mol. The molecule has 204 valence electrons. The van der Waals surface area contributed by atoms with E-state index in [1.165, 1.54) is 11.1 Å². The summed E-state index contributed by atoms with van der Waals surface area (Å²) in [5.74, 6) is 0.822. The first-order valence-electron chi connectivity index (χ1n) is 13.6. The number of fused-ring (bicyclic) bond motifs is 1. The van der Waals surface area contributed by atoms with Crippen LogP contribution in [0.1, 0.15) is 49.9 Å². The third kappa shape index (κ3) is 5.83. The summed E-state index contributed by atoms with van der Waals surface area (Å²) in [5, 5.41) is 15.0. The topological polar surface area (TPSA) is 87.3 Å². The van der Waals surface area contributed by atoms with Crippen molar-refractivity contribution in [1.29, 1.82) is 5.41 Å². The van der Waals surface area contributed by atoms with Gasteiger partial charge in [-0.25, -0.2) is 9.97 Å². The molecule has 7 heteroatoms. The molecule has 0 radical (unpaired) electrons. The molecule has 0 saturated carbocycles. The third-order valence-corrected chi connectivity index (χ3v) is 6.99. The van der Waals surface area contributed by atoms with E-state index in [9.17, 15) is 0 Å². The van der Waals surface area contributed by atoms with Gasteiger partial charge in [-0.2, -0.15) is 0 Å². The van der Waals surface area contributed by atoms with Crippen LogP contribution in [0, 0.1) is 12.3 Å². The number of ether oxygens (including phenoxy) is 1. The molecule has 0 aliphatic heterocycles. The first kappa shape index (κ1) is 26.9. The van der Waals surface area contributed by atoms with Crippen LogP contribution in [0.2, 0.25) is 0 Å². The van der Waals surface area contributed by atoms with Gasteiger partial charge >= 0.3 is 0 Å². The predicted octanol–water partition coefficient (Wildman–Crippen LogP) is 7.72. The van der Waals surface area contributed by atoms with Crippen molar-refractivity contribution in [3.63, 3.8) is 0 Å². The smallest absolute Gasteiger partial charge is 0.213 e. The number of imidazole rings is 1. The van der Waals surface area contributed by atoms with Gasteiger partial charge < -0.3 is 19.8 Å². The maximum absolute atomic E-state index is 8.01. The maximum atomic E-state index is 8.01. The number of hydrogen-bond donors (Lipinski definition) is 3. The lowest BCUT2D eigenvalue weighted by molar-refractivity contribution is 0.325. The summed E-state index contributed by atoms with van der Waals surface area (Å²) in [4.78, 5) is 9.50. The van der Waals surface area contributed by atoms with Gasteiger partial charge in [-0.3, -0.25) is 5.41 Å². The molecule has 0 aliphatic rings. The van der Waals surface area contributed by atoms with Crippen molar-refractivity contribution in [2.75, 3.05) is 17.2 Å². The SMILES string of the molecule is CCOC(=N)c1ccc(Nc2nc(-c3cccc(NCc4ccc(C(C)(C)C)cc4)c3C)cn3ccnc23)cc1. The Morgan fingerprint density at radius 3 is 2.45 bits per heavy atom. The molecular formula is C33H36N6O. The second-order valence-corrected chi connectivity index (χ2v) is 10.9. The van der Waals surface area contributed by atoms with Crippen LogP contribution in [0.15, 0.2) is 85.3 Å². The minimum atomic E-state index is 0.144. The molecule has 0 saturated heterocycles. The van der Waals surface area contributed by atoms with E-state index in [2.05, 4.69) is 85.8 Å². The summed E-state index contributed by atoms with van der Waals surface area (Å²) in [6.07, 6.45) is 5.71. The zero-order chi connectivity index (χ0) is 28.3. The molecule has 0 aliphatic carbocycles. The molecule has 3 N–H and O–H groups in total. The number of aromatic nitrogens is 3. The first-order valence-corrected chi connectivity index (χ1v) is 13.6. The molecule has 5 aromatic rings. The number of benzene rings is 3. The highest BCUT2D eigenvalue weighted by molar-refractivity contribution is 5.92. The Kier molecular flexibility index (Phi) is 7.56. The fourth-order valence-corrected chi connectivity index (χ4v) is 4.64. The van der Waals surface area contributed by atoms with E-state index in [1.54, 1.807) is 6.20 Å². The Balaban J connectivity index is 1.39. The molecule has 5 rings (SSSR count). The van der Waals surface area contributed by atoms with E-state index in [-0.39, 0.29) is 11.3 Å². The normalized spacial score (nSPS) is 11.4. The van der Waals surface area contributed by atoms with E-state index in [0.29, 0.717) is 12.4 Å². The Bertz CT molecular complexity index is 1630. The number of hydrogen-bond acceptors (Lipinski definition) is 6. The molecule has 0 bridgehead atoms. The van der Waals surface area contributed by atoms with Crippen molar-refractivity contribution in [2.24, 2.45) is 0 Å². The van der Waals surface area contributed by atoms with Crippen LogP contribution in [0.3, 0.4) is 0 Å². The number of nitrogens with zero attached hydrogens (tertiary/aromatic N) is 3. The zero-order valence-corrected chi connectivity index (χ0v) is 23.7. The maximum Gasteiger partial charge on any atom is 0.213 e. The average Bonchev–Trinajstić information content (AvgIpc) is 3.42. The van der Waals surface area contributed by atoms with Crippen LogP contribution in [0.5, 0.6) is 0 Å². The van der Waals surface area contributed by atoms with E-state index in [1.807, 2.05) is 48.0 Å². The van der Waals surface area contributed by atoms with Crippen molar-refractivity contribution < 1.29 is 4.74 Å². The standard InChI is InChI=1S/C33H36N6O/c1-6-40-30(34)24-12-16-26(17-13-24)37-31-32-35-18-19-39(32)21-29(38-31)27-8-7-9-28(22(27)2)36-20-23-10-14-25(15-11-23)33(3,4)5/h7-19,21,34,36H,6,20H2,1-5H3,(H,37,38). The number of rotatable bonds is 8. The van der Waals surface area contributed by atoms with E-state index in [0.717, 1.165) is 46.0 Å².